The number of fused-ring (bicyclic) bond motifs is 1. The van der Waals surface area contributed by atoms with Crippen molar-refractivity contribution in [1.29, 1.82) is 0 Å². The first kappa shape index (κ1) is 18.9. The lowest BCUT2D eigenvalue weighted by atomic mass is 10.1. The lowest BCUT2D eigenvalue weighted by Gasteiger charge is -2.09. The van der Waals surface area contributed by atoms with Gasteiger partial charge >= 0.3 is 5.97 Å². The summed E-state index contributed by atoms with van der Waals surface area (Å²) in [7, 11) is 1.36. The molecule has 1 heterocycles. The number of ether oxygens (including phenoxy) is 1. The lowest BCUT2D eigenvalue weighted by molar-refractivity contribution is -0.141. The van der Waals surface area contributed by atoms with Gasteiger partial charge in [0.1, 0.15) is 12.4 Å². The predicted molar refractivity (Wildman–Crippen MR) is 104 cm³/mol. The van der Waals surface area contributed by atoms with Gasteiger partial charge in [-0.15, -0.1) is 0 Å². The van der Waals surface area contributed by atoms with E-state index >= 15 is 0 Å². The molecule has 2 aromatic carbocycles. The molecule has 3 rings (SSSR count). The molecule has 0 aliphatic carbocycles. The number of aromatic nitrogens is 2. The van der Waals surface area contributed by atoms with E-state index in [-0.39, 0.29) is 24.8 Å². The highest BCUT2D eigenvalue weighted by Crippen LogP contribution is 2.17. The summed E-state index contributed by atoms with van der Waals surface area (Å²) in [4.78, 5) is 28.5. The standard InChI is InChI=1S/C20H20ClN3O3/c1-27-20(26)13-24-17-9-5-4-8-16(17)23-18(24)10-11-22-19(25)12-14-6-2-3-7-15(14)21/h2-9H,10-13H2,1H3,(H,22,25). The highest BCUT2D eigenvalue weighted by Gasteiger charge is 2.14. The highest BCUT2D eigenvalue weighted by molar-refractivity contribution is 6.31. The van der Waals surface area contributed by atoms with Crippen molar-refractivity contribution in [3.05, 3.63) is 64.9 Å². The van der Waals surface area contributed by atoms with Gasteiger partial charge in [-0.1, -0.05) is 41.9 Å². The Morgan fingerprint density at radius 1 is 1.15 bits per heavy atom. The molecule has 1 aromatic heterocycles. The van der Waals surface area contributed by atoms with E-state index in [1.54, 1.807) is 6.07 Å². The second-order valence-electron chi connectivity index (χ2n) is 6.05. The molecule has 1 N–H and O–H groups in total. The number of rotatable bonds is 7. The van der Waals surface area contributed by atoms with Gasteiger partial charge in [0.25, 0.3) is 0 Å². The zero-order valence-corrected chi connectivity index (χ0v) is 15.7. The predicted octanol–water partition coefficient (Wildman–Crippen LogP) is 2.76. The first-order valence-corrected chi connectivity index (χ1v) is 8.97. The van der Waals surface area contributed by atoms with Gasteiger partial charge in [0.2, 0.25) is 5.91 Å². The minimum atomic E-state index is -0.345. The Hall–Kier alpha value is -2.86. The van der Waals surface area contributed by atoms with E-state index in [1.807, 2.05) is 47.0 Å². The molecule has 140 valence electrons. The number of imidazole rings is 1. The normalized spacial score (nSPS) is 10.7. The molecule has 1 amide bonds. The largest absolute Gasteiger partial charge is 0.468 e. The Morgan fingerprint density at radius 2 is 1.89 bits per heavy atom. The second kappa shape index (κ2) is 8.68. The van der Waals surface area contributed by atoms with Crippen LogP contribution in [0.5, 0.6) is 0 Å². The number of carbonyl (C=O) groups excluding carboxylic acids is 2. The number of carbonyl (C=O) groups is 2. The molecule has 3 aromatic rings. The molecule has 0 radical (unpaired) electrons. The van der Waals surface area contributed by atoms with Crippen LogP contribution >= 0.6 is 11.6 Å². The number of methoxy groups -OCH3 is 1. The summed E-state index contributed by atoms with van der Waals surface area (Å²) in [5.74, 6) is 0.264. The number of hydrogen-bond donors (Lipinski definition) is 1. The topological polar surface area (TPSA) is 73.2 Å². The summed E-state index contributed by atoms with van der Waals surface area (Å²) in [6, 6.07) is 14.9. The minimum absolute atomic E-state index is 0.0833. The van der Waals surface area contributed by atoms with Crippen molar-refractivity contribution >= 4 is 34.5 Å². The fraction of sp³-hybridized carbons (Fsp3) is 0.250. The van der Waals surface area contributed by atoms with Gasteiger partial charge in [-0.05, 0) is 23.8 Å². The van der Waals surface area contributed by atoms with Gasteiger partial charge < -0.3 is 14.6 Å². The van der Waals surface area contributed by atoms with Crippen molar-refractivity contribution in [3.63, 3.8) is 0 Å². The first-order chi connectivity index (χ1) is 13.1. The molecular weight excluding hydrogens is 366 g/mol. The summed E-state index contributed by atoms with van der Waals surface area (Å²) >= 11 is 6.09. The molecule has 0 unspecified atom stereocenters. The van der Waals surface area contributed by atoms with Gasteiger partial charge in [0, 0.05) is 18.0 Å². The quantitative estimate of drug-likeness (QED) is 0.635. The zero-order chi connectivity index (χ0) is 19.2. The molecule has 0 bridgehead atoms. The molecule has 0 saturated heterocycles. The average molecular weight is 386 g/mol. The number of amides is 1. The van der Waals surface area contributed by atoms with Crippen molar-refractivity contribution in [2.24, 2.45) is 0 Å². The maximum absolute atomic E-state index is 12.2. The van der Waals surface area contributed by atoms with Gasteiger partial charge in [-0.2, -0.15) is 0 Å². The molecule has 0 aliphatic heterocycles. The van der Waals surface area contributed by atoms with Crippen molar-refractivity contribution < 1.29 is 14.3 Å². The summed E-state index contributed by atoms with van der Waals surface area (Å²) in [6.07, 6.45) is 0.720. The summed E-state index contributed by atoms with van der Waals surface area (Å²) < 4.78 is 6.60. The van der Waals surface area contributed by atoms with E-state index < -0.39 is 0 Å². The van der Waals surface area contributed by atoms with Crippen LogP contribution in [0.3, 0.4) is 0 Å². The molecular formula is C20H20ClN3O3. The molecule has 0 atom stereocenters. The van der Waals surface area contributed by atoms with Gasteiger partial charge in [0.05, 0.1) is 24.6 Å². The smallest absolute Gasteiger partial charge is 0.325 e. The van der Waals surface area contributed by atoms with Crippen LogP contribution in [-0.4, -0.2) is 35.1 Å². The number of halogens is 1. The average Bonchev–Trinajstić information content (AvgIpc) is 3.01. The molecule has 0 aliphatic rings. The van der Waals surface area contributed by atoms with Gasteiger partial charge in [-0.3, -0.25) is 9.59 Å². The lowest BCUT2D eigenvalue weighted by Crippen LogP contribution is -2.28. The van der Waals surface area contributed by atoms with E-state index in [2.05, 4.69) is 10.3 Å². The third kappa shape index (κ3) is 4.65. The summed E-state index contributed by atoms with van der Waals surface area (Å²) in [5, 5.41) is 3.46. The third-order valence-corrected chi connectivity index (χ3v) is 4.60. The highest BCUT2D eigenvalue weighted by atomic mass is 35.5. The fourth-order valence-corrected chi connectivity index (χ4v) is 3.08. The molecule has 0 fully saturated rings. The van der Waals surface area contributed by atoms with Crippen LogP contribution in [0.1, 0.15) is 11.4 Å². The number of benzene rings is 2. The Kier molecular flexibility index (Phi) is 6.08. The van der Waals surface area contributed by atoms with Crippen LogP contribution in [0.15, 0.2) is 48.5 Å². The summed E-state index contributed by atoms with van der Waals surface area (Å²) in [5.41, 5.74) is 2.45. The molecule has 0 saturated carbocycles. The number of hydrogen-bond acceptors (Lipinski definition) is 4. The number of nitrogens with one attached hydrogen (secondary N) is 1. The zero-order valence-electron chi connectivity index (χ0n) is 14.9. The first-order valence-electron chi connectivity index (χ1n) is 8.59. The molecule has 6 nitrogen and oxygen atoms in total. The van der Waals surface area contributed by atoms with Crippen molar-refractivity contribution in [1.82, 2.24) is 14.9 Å². The molecule has 27 heavy (non-hydrogen) atoms. The summed E-state index contributed by atoms with van der Waals surface area (Å²) in [6.45, 7) is 0.494. The fourth-order valence-electron chi connectivity index (χ4n) is 2.88. The van der Waals surface area contributed by atoms with Crippen LogP contribution in [0.25, 0.3) is 11.0 Å². The van der Waals surface area contributed by atoms with E-state index in [0.717, 1.165) is 22.4 Å². The van der Waals surface area contributed by atoms with E-state index in [4.69, 9.17) is 16.3 Å². The Labute approximate surface area is 162 Å². The van der Waals surface area contributed by atoms with Crippen LogP contribution in [0.2, 0.25) is 5.02 Å². The SMILES string of the molecule is COC(=O)Cn1c(CCNC(=O)Cc2ccccc2Cl)nc2ccccc21. The Morgan fingerprint density at radius 3 is 2.67 bits per heavy atom. The van der Waals surface area contributed by atoms with E-state index in [9.17, 15) is 9.59 Å². The van der Waals surface area contributed by atoms with E-state index in [1.165, 1.54) is 7.11 Å². The third-order valence-electron chi connectivity index (χ3n) is 4.23. The minimum Gasteiger partial charge on any atom is -0.468 e. The Bertz CT molecular complexity index is 968. The van der Waals surface area contributed by atoms with Crippen LogP contribution in [-0.2, 0) is 33.7 Å². The maximum Gasteiger partial charge on any atom is 0.325 e. The van der Waals surface area contributed by atoms with E-state index in [0.29, 0.717) is 18.0 Å². The maximum atomic E-state index is 12.2. The number of nitrogens with zero attached hydrogens (tertiary/aromatic N) is 2. The van der Waals surface area contributed by atoms with Crippen molar-refractivity contribution in [2.75, 3.05) is 13.7 Å². The monoisotopic (exact) mass is 385 g/mol. The van der Waals surface area contributed by atoms with Gasteiger partial charge in [-0.25, -0.2) is 4.98 Å². The van der Waals surface area contributed by atoms with Gasteiger partial charge in [0.15, 0.2) is 0 Å². The molecule has 7 heteroatoms. The van der Waals surface area contributed by atoms with Crippen LogP contribution < -0.4 is 5.32 Å². The van der Waals surface area contributed by atoms with Crippen LogP contribution in [0.4, 0.5) is 0 Å². The van der Waals surface area contributed by atoms with Crippen molar-refractivity contribution in [3.8, 4) is 0 Å². The molecule has 0 spiro atoms. The van der Waals surface area contributed by atoms with Crippen LogP contribution in [0, 0.1) is 0 Å². The Balaban J connectivity index is 1.66. The second-order valence-corrected chi connectivity index (χ2v) is 6.45. The van der Waals surface area contributed by atoms with Crippen molar-refractivity contribution in [2.45, 2.75) is 19.4 Å². The number of para-hydroxylation sites is 2. The number of esters is 1.